The summed E-state index contributed by atoms with van der Waals surface area (Å²) in [6, 6.07) is 8.53. The number of ether oxygens (including phenoxy) is 1. The van der Waals surface area contributed by atoms with Crippen LogP contribution >= 0.6 is 34.8 Å². The topological polar surface area (TPSA) is 61.0 Å². The first-order valence-electron chi connectivity index (χ1n) is 5.89. The van der Waals surface area contributed by atoms with Crippen LogP contribution in [0.25, 0.3) is 10.9 Å². The van der Waals surface area contributed by atoms with Crippen LogP contribution in [-0.4, -0.2) is 9.97 Å². The summed E-state index contributed by atoms with van der Waals surface area (Å²) in [6.07, 6.45) is 1.65. The van der Waals surface area contributed by atoms with Crippen LogP contribution < -0.4 is 10.5 Å². The number of nitrogens with zero attached hydrogens (tertiary/aromatic N) is 2. The Morgan fingerprint density at radius 2 is 1.81 bits per heavy atom. The first kappa shape index (κ1) is 14.2. The van der Waals surface area contributed by atoms with E-state index in [1.165, 1.54) is 6.07 Å². The number of anilines is 1. The van der Waals surface area contributed by atoms with Crippen LogP contribution in [0.2, 0.25) is 15.1 Å². The Morgan fingerprint density at radius 1 is 1.00 bits per heavy atom. The zero-order chi connectivity index (χ0) is 15.0. The molecule has 2 aromatic heterocycles. The van der Waals surface area contributed by atoms with E-state index in [9.17, 15) is 0 Å². The predicted octanol–water partition coefficient (Wildman–Crippen LogP) is 4.96. The maximum absolute atomic E-state index is 6.13. The third kappa shape index (κ3) is 2.70. The minimum atomic E-state index is 0.141. The lowest BCUT2D eigenvalue weighted by Crippen LogP contribution is -1.96. The van der Waals surface area contributed by atoms with E-state index in [0.717, 1.165) is 5.39 Å². The summed E-state index contributed by atoms with van der Waals surface area (Å²) in [5.41, 5.74) is 6.27. The molecule has 0 aliphatic heterocycles. The van der Waals surface area contributed by atoms with Crippen molar-refractivity contribution in [2.75, 3.05) is 5.73 Å². The summed E-state index contributed by atoms with van der Waals surface area (Å²) in [5.74, 6) is 0.779. The molecule has 2 N–H and O–H groups in total. The maximum atomic E-state index is 6.13. The van der Waals surface area contributed by atoms with Gasteiger partial charge < -0.3 is 10.5 Å². The summed E-state index contributed by atoms with van der Waals surface area (Å²) < 4.78 is 5.71. The zero-order valence-corrected chi connectivity index (χ0v) is 12.7. The van der Waals surface area contributed by atoms with Gasteiger partial charge in [0.05, 0.1) is 10.0 Å². The monoisotopic (exact) mass is 339 g/mol. The Bertz CT molecular complexity index is 839. The molecule has 0 bridgehead atoms. The zero-order valence-electron chi connectivity index (χ0n) is 10.5. The molecule has 2 heterocycles. The maximum Gasteiger partial charge on any atom is 0.240 e. The van der Waals surface area contributed by atoms with E-state index in [4.69, 9.17) is 45.3 Å². The third-order valence-electron chi connectivity index (χ3n) is 2.81. The van der Waals surface area contributed by atoms with Crippen LogP contribution in [0.5, 0.6) is 11.6 Å². The van der Waals surface area contributed by atoms with Crippen LogP contribution in [-0.2, 0) is 0 Å². The Balaban J connectivity index is 2.11. The fourth-order valence-corrected chi connectivity index (χ4v) is 2.45. The molecule has 7 heteroatoms. The summed E-state index contributed by atoms with van der Waals surface area (Å²) in [4.78, 5) is 8.30. The number of hydrogen-bond donors (Lipinski definition) is 1. The Kier molecular flexibility index (Phi) is 3.76. The molecule has 0 saturated heterocycles. The number of nitrogens with two attached hydrogens (primary N) is 1. The molecule has 4 nitrogen and oxygen atoms in total. The molecule has 0 saturated carbocycles. The molecule has 0 spiro atoms. The van der Waals surface area contributed by atoms with Crippen molar-refractivity contribution in [3.63, 3.8) is 0 Å². The van der Waals surface area contributed by atoms with Gasteiger partial charge in [0, 0.05) is 11.6 Å². The van der Waals surface area contributed by atoms with Gasteiger partial charge in [-0.15, -0.1) is 0 Å². The van der Waals surface area contributed by atoms with Crippen molar-refractivity contribution >= 4 is 51.5 Å². The standard InChI is InChI=1S/C14H8Cl3N3O/c15-8-3-4-11(12-7(8)2-1-5-19-12)21-14-10(17)6-9(16)13(18)20-14/h1-6H,(H2,18,20). The van der Waals surface area contributed by atoms with E-state index in [1.807, 2.05) is 6.07 Å². The van der Waals surface area contributed by atoms with E-state index >= 15 is 0 Å². The summed E-state index contributed by atoms with van der Waals surface area (Å²) in [6.45, 7) is 0. The van der Waals surface area contributed by atoms with Crippen molar-refractivity contribution in [2.24, 2.45) is 0 Å². The normalized spacial score (nSPS) is 10.8. The average Bonchev–Trinajstić information content (AvgIpc) is 2.48. The van der Waals surface area contributed by atoms with E-state index in [1.54, 1.807) is 24.4 Å². The molecule has 3 aromatic rings. The van der Waals surface area contributed by atoms with Gasteiger partial charge in [0.15, 0.2) is 5.75 Å². The highest BCUT2D eigenvalue weighted by molar-refractivity contribution is 6.36. The second-order valence-corrected chi connectivity index (χ2v) is 5.41. The second-order valence-electron chi connectivity index (χ2n) is 4.19. The van der Waals surface area contributed by atoms with E-state index in [-0.39, 0.29) is 21.7 Å². The second kappa shape index (κ2) is 5.56. The Hall–Kier alpha value is -1.75. The highest BCUT2D eigenvalue weighted by Crippen LogP contribution is 2.36. The molecule has 0 radical (unpaired) electrons. The number of pyridine rings is 2. The number of aromatic nitrogens is 2. The third-order valence-corrected chi connectivity index (χ3v) is 3.71. The van der Waals surface area contributed by atoms with E-state index < -0.39 is 0 Å². The predicted molar refractivity (Wildman–Crippen MR) is 85.5 cm³/mol. The van der Waals surface area contributed by atoms with Crippen molar-refractivity contribution in [1.82, 2.24) is 9.97 Å². The number of halogens is 3. The molecule has 21 heavy (non-hydrogen) atoms. The first-order chi connectivity index (χ1) is 10.1. The van der Waals surface area contributed by atoms with Gasteiger partial charge in [-0.1, -0.05) is 34.8 Å². The fourth-order valence-electron chi connectivity index (χ4n) is 1.83. The Labute approximate surface area is 135 Å². The van der Waals surface area contributed by atoms with Crippen LogP contribution in [0.3, 0.4) is 0 Å². The van der Waals surface area contributed by atoms with Crippen LogP contribution in [0.4, 0.5) is 5.82 Å². The van der Waals surface area contributed by atoms with Crippen LogP contribution in [0, 0.1) is 0 Å². The molecule has 3 rings (SSSR count). The van der Waals surface area contributed by atoms with Crippen molar-refractivity contribution < 1.29 is 4.74 Å². The van der Waals surface area contributed by atoms with Gasteiger partial charge in [-0.05, 0) is 30.3 Å². The highest BCUT2D eigenvalue weighted by Gasteiger charge is 2.13. The highest BCUT2D eigenvalue weighted by atomic mass is 35.5. The van der Waals surface area contributed by atoms with Crippen molar-refractivity contribution in [2.45, 2.75) is 0 Å². The number of benzene rings is 1. The largest absolute Gasteiger partial charge is 0.435 e. The molecule has 0 aliphatic rings. The molecule has 0 amide bonds. The van der Waals surface area contributed by atoms with Gasteiger partial charge in [-0.25, -0.2) is 0 Å². The molecule has 0 atom stereocenters. The quantitative estimate of drug-likeness (QED) is 0.716. The van der Waals surface area contributed by atoms with E-state index in [0.29, 0.717) is 16.3 Å². The lowest BCUT2D eigenvalue weighted by atomic mass is 10.2. The van der Waals surface area contributed by atoms with Gasteiger partial charge in [-0.3, -0.25) is 4.98 Å². The van der Waals surface area contributed by atoms with Crippen LogP contribution in [0.15, 0.2) is 36.5 Å². The van der Waals surface area contributed by atoms with Crippen molar-refractivity contribution in [3.05, 3.63) is 51.6 Å². The minimum absolute atomic E-state index is 0.141. The summed E-state index contributed by atoms with van der Waals surface area (Å²) in [5, 5.41) is 1.88. The van der Waals surface area contributed by atoms with Crippen LogP contribution in [0.1, 0.15) is 0 Å². The lowest BCUT2D eigenvalue weighted by molar-refractivity contribution is 0.468. The van der Waals surface area contributed by atoms with Crippen molar-refractivity contribution in [1.29, 1.82) is 0 Å². The molecule has 0 aliphatic carbocycles. The smallest absolute Gasteiger partial charge is 0.240 e. The van der Waals surface area contributed by atoms with Gasteiger partial charge in [0.2, 0.25) is 5.88 Å². The lowest BCUT2D eigenvalue weighted by Gasteiger charge is -2.10. The average molecular weight is 341 g/mol. The molecular weight excluding hydrogens is 333 g/mol. The molecule has 0 fully saturated rings. The minimum Gasteiger partial charge on any atom is -0.435 e. The number of nitrogen functional groups attached to an aromatic ring is 1. The number of fused-ring (bicyclic) bond motifs is 1. The van der Waals surface area contributed by atoms with Gasteiger partial charge in [0.1, 0.15) is 16.4 Å². The van der Waals surface area contributed by atoms with Crippen molar-refractivity contribution in [3.8, 4) is 11.6 Å². The molecular formula is C14H8Cl3N3O. The van der Waals surface area contributed by atoms with Gasteiger partial charge >= 0.3 is 0 Å². The van der Waals surface area contributed by atoms with Gasteiger partial charge in [0.25, 0.3) is 0 Å². The molecule has 0 unspecified atom stereocenters. The Morgan fingerprint density at radius 3 is 2.62 bits per heavy atom. The number of rotatable bonds is 2. The molecule has 1 aromatic carbocycles. The number of hydrogen-bond acceptors (Lipinski definition) is 4. The summed E-state index contributed by atoms with van der Waals surface area (Å²) in [7, 11) is 0. The molecule has 106 valence electrons. The first-order valence-corrected chi connectivity index (χ1v) is 7.02. The van der Waals surface area contributed by atoms with Gasteiger partial charge in [-0.2, -0.15) is 4.98 Å². The van der Waals surface area contributed by atoms with E-state index in [2.05, 4.69) is 9.97 Å². The SMILES string of the molecule is Nc1nc(Oc2ccc(Cl)c3cccnc23)c(Cl)cc1Cl. The summed E-state index contributed by atoms with van der Waals surface area (Å²) >= 11 is 18.0. The fraction of sp³-hybridized carbons (Fsp3) is 0.